The van der Waals surface area contributed by atoms with E-state index in [-0.39, 0.29) is 11.3 Å². The minimum Gasteiger partial charge on any atom is -0.393 e. The van der Waals surface area contributed by atoms with E-state index in [1.165, 1.54) is 11.9 Å². The number of anilines is 1. The predicted octanol–water partition coefficient (Wildman–Crippen LogP) is 0.608. The largest absolute Gasteiger partial charge is 0.393 e. The highest BCUT2D eigenvalue weighted by Gasteiger charge is 2.23. The monoisotopic (exact) mass is 270 g/mol. The number of nitro benzene ring substituents is 1. The second-order valence-electron chi connectivity index (χ2n) is 3.97. The molecule has 0 aliphatic rings. The van der Waals surface area contributed by atoms with Crippen molar-refractivity contribution in [1.82, 2.24) is 10.2 Å². The molecule has 8 heteroatoms. The van der Waals surface area contributed by atoms with E-state index in [1.807, 2.05) is 0 Å². The molecular weight excluding hydrogens is 255 g/mol. The molecule has 0 unspecified atom stereocenters. The Bertz CT molecular complexity index is 507. The summed E-state index contributed by atoms with van der Waals surface area (Å²) in [7, 11) is 3.23. The van der Waals surface area contributed by atoms with Crippen molar-refractivity contribution < 1.29 is 14.1 Å². The average molecular weight is 270 g/mol. The van der Waals surface area contributed by atoms with Gasteiger partial charge < -0.3 is 16.0 Å². The second kappa shape index (κ2) is 6.10. The van der Waals surface area contributed by atoms with Crippen molar-refractivity contribution in [3.63, 3.8) is 0 Å². The number of likely N-dealkylation sites (N-methyl/N-ethyl adjacent to an activating group) is 2. The van der Waals surface area contributed by atoms with Gasteiger partial charge in [0.15, 0.2) is 0 Å². The third-order valence-electron chi connectivity index (χ3n) is 2.59. The first-order valence-corrected chi connectivity index (χ1v) is 5.52. The van der Waals surface area contributed by atoms with E-state index < -0.39 is 22.3 Å². The van der Waals surface area contributed by atoms with Crippen LogP contribution in [0.4, 0.5) is 15.8 Å². The van der Waals surface area contributed by atoms with E-state index in [0.717, 1.165) is 6.07 Å². The van der Waals surface area contributed by atoms with Crippen LogP contribution in [0, 0.1) is 15.9 Å². The highest BCUT2D eigenvalue weighted by molar-refractivity contribution is 6.00. The number of halogens is 1. The van der Waals surface area contributed by atoms with Crippen LogP contribution in [0.15, 0.2) is 12.1 Å². The van der Waals surface area contributed by atoms with Crippen LogP contribution in [0.2, 0.25) is 0 Å². The van der Waals surface area contributed by atoms with E-state index in [1.54, 1.807) is 7.05 Å². The Morgan fingerprint density at radius 1 is 1.58 bits per heavy atom. The van der Waals surface area contributed by atoms with E-state index >= 15 is 0 Å². The van der Waals surface area contributed by atoms with Crippen LogP contribution in [0.25, 0.3) is 0 Å². The molecule has 1 rings (SSSR count). The van der Waals surface area contributed by atoms with Gasteiger partial charge in [0, 0.05) is 20.1 Å². The Morgan fingerprint density at radius 2 is 2.21 bits per heavy atom. The summed E-state index contributed by atoms with van der Waals surface area (Å²) < 4.78 is 13.3. The number of amides is 1. The molecule has 104 valence electrons. The van der Waals surface area contributed by atoms with Gasteiger partial charge >= 0.3 is 0 Å². The molecule has 1 aromatic carbocycles. The Morgan fingerprint density at radius 3 is 2.74 bits per heavy atom. The molecule has 0 bridgehead atoms. The van der Waals surface area contributed by atoms with E-state index in [0.29, 0.717) is 19.2 Å². The van der Waals surface area contributed by atoms with Gasteiger partial charge in [-0.15, -0.1) is 0 Å². The predicted molar refractivity (Wildman–Crippen MR) is 68.4 cm³/mol. The Labute approximate surface area is 109 Å². The van der Waals surface area contributed by atoms with E-state index in [9.17, 15) is 19.3 Å². The molecule has 0 aliphatic heterocycles. The maximum Gasteiger partial charge on any atom is 0.295 e. The Hall–Kier alpha value is -2.22. The van der Waals surface area contributed by atoms with Gasteiger partial charge in [-0.05, 0) is 13.1 Å². The summed E-state index contributed by atoms with van der Waals surface area (Å²) in [5.41, 5.74) is 4.41. The normalized spacial score (nSPS) is 10.3. The average Bonchev–Trinajstić information content (AvgIpc) is 2.37. The number of nitrogens with one attached hydrogen (secondary N) is 1. The third kappa shape index (κ3) is 3.38. The molecule has 19 heavy (non-hydrogen) atoms. The number of hydrogen-bond acceptors (Lipinski definition) is 5. The summed E-state index contributed by atoms with van der Waals surface area (Å²) in [6.07, 6.45) is 0. The minimum absolute atomic E-state index is 0.203. The van der Waals surface area contributed by atoms with Crippen molar-refractivity contribution in [2.45, 2.75) is 0 Å². The maximum atomic E-state index is 13.3. The fourth-order valence-corrected chi connectivity index (χ4v) is 1.52. The Balaban J connectivity index is 3.13. The molecule has 0 atom stereocenters. The topological polar surface area (TPSA) is 102 Å². The molecule has 0 aromatic heterocycles. The number of hydrogen-bond donors (Lipinski definition) is 2. The summed E-state index contributed by atoms with van der Waals surface area (Å²) >= 11 is 0. The number of carbonyl (C=O) groups excluding carboxylic acids is 1. The number of rotatable bonds is 5. The number of nitrogens with two attached hydrogens (primary N) is 1. The van der Waals surface area contributed by atoms with Crippen LogP contribution in [0.1, 0.15) is 10.4 Å². The van der Waals surface area contributed by atoms with Crippen molar-refractivity contribution in [2.75, 3.05) is 32.9 Å². The van der Waals surface area contributed by atoms with E-state index in [4.69, 9.17) is 5.73 Å². The van der Waals surface area contributed by atoms with Gasteiger partial charge in [-0.25, -0.2) is 4.39 Å². The summed E-state index contributed by atoms with van der Waals surface area (Å²) in [6, 6.07) is 1.60. The minimum atomic E-state index is -0.869. The lowest BCUT2D eigenvalue weighted by atomic mass is 10.1. The standard InChI is InChI=1S/C11H15FN4O3/c1-14-3-4-15(2)11(17)8-5-7(12)6-9(10(8)13)16(18)19/h5-6,14H,3-4,13H2,1-2H3. The lowest BCUT2D eigenvalue weighted by Gasteiger charge is -2.17. The number of carbonyl (C=O) groups is 1. The lowest BCUT2D eigenvalue weighted by Crippen LogP contribution is -2.33. The highest BCUT2D eigenvalue weighted by atomic mass is 19.1. The zero-order chi connectivity index (χ0) is 14.6. The molecule has 1 aromatic rings. The third-order valence-corrected chi connectivity index (χ3v) is 2.59. The number of nitrogen functional groups attached to an aromatic ring is 1. The molecule has 0 radical (unpaired) electrons. The quantitative estimate of drug-likeness (QED) is 0.463. The smallest absolute Gasteiger partial charge is 0.295 e. The molecule has 0 saturated heterocycles. The lowest BCUT2D eigenvalue weighted by molar-refractivity contribution is -0.384. The van der Waals surface area contributed by atoms with Crippen LogP contribution < -0.4 is 11.1 Å². The number of nitrogens with zero attached hydrogens (tertiary/aromatic N) is 2. The van der Waals surface area contributed by atoms with Gasteiger partial charge in [-0.1, -0.05) is 0 Å². The van der Waals surface area contributed by atoms with Gasteiger partial charge in [0.25, 0.3) is 11.6 Å². The Kier molecular flexibility index (Phi) is 4.76. The summed E-state index contributed by atoms with van der Waals surface area (Å²) in [6.45, 7) is 0.915. The van der Waals surface area contributed by atoms with Crippen molar-refractivity contribution in [1.29, 1.82) is 0 Å². The first kappa shape index (κ1) is 14.8. The zero-order valence-corrected chi connectivity index (χ0v) is 10.6. The van der Waals surface area contributed by atoms with Crippen LogP contribution >= 0.6 is 0 Å². The van der Waals surface area contributed by atoms with Gasteiger partial charge in [-0.2, -0.15) is 0 Å². The van der Waals surface area contributed by atoms with Gasteiger partial charge in [0.05, 0.1) is 16.6 Å². The first-order chi connectivity index (χ1) is 8.88. The van der Waals surface area contributed by atoms with Crippen molar-refractivity contribution in [2.24, 2.45) is 0 Å². The van der Waals surface area contributed by atoms with Crippen molar-refractivity contribution in [3.05, 3.63) is 33.6 Å². The van der Waals surface area contributed by atoms with Gasteiger partial charge in [-0.3, -0.25) is 14.9 Å². The summed E-state index contributed by atoms with van der Waals surface area (Å²) in [5, 5.41) is 13.6. The second-order valence-corrected chi connectivity index (χ2v) is 3.97. The van der Waals surface area contributed by atoms with Crippen LogP contribution in [-0.4, -0.2) is 42.9 Å². The van der Waals surface area contributed by atoms with Crippen molar-refractivity contribution >= 4 is 17.3 Å². The maximum absolute atomic E-state index is 13.3. The summed E-state index contributed by atoms with van der Waals surface area (Å²) in [4.78, 5) is 23.2. The van der Waals surface area contributed by atoms with Crippen LogP contribution in [0.3, 0.4) is 0 Å². The SMILES string of the molecule is CNCCN(C)C(=O)c1cc(F)cc([N+](=O)[O-])c1N. The molecule has 7 nitrogen and oxygen atoms in total. The molecular formula is C11H15FN4O3. The van der Waals surface area contributed by atoms with Crippen molar-refractivity contribution in [3.8, 4) is 0 Å². The molecule has 0 fully saturated rings. The fourth-order valence-electron chi connectivity index (χ4n) is 1.52. The summed E-state index contributed by atoms with van der Waals surface area (Å²) in [5.74, 6) is -1.43. The number of benzene rings is 1. The number of nitro groups is 1. The van der Waals surface area contributed by atoms with Crippen LogP contribution in [-0.2, 0) is 0 Å². The molecule has 0 spiro atoms. The molecule has 0 heterocycles. The van der Waals surface area contributed by atoms with Crippen LogP contribution in [0.5, 0.6) is 0 Å². The fraction of sp³-hybridized carbons (Fsp3) is 0.364. The van der Waals surface area contributed by atoms with Gasteiger partial charge in [0.1, 0.15) is 11.5 Å². The first-order valence-electron chi connectivity index (χ1n) is 5.52. The molecule has 1 amide bonds. The van der Waals surface area contributed by atoms with E-state index in [2.05, 4.69) is 5.32 Å². The van der Waals surface area contributed by atoms with Gasteiger partial charge in [0.2, 0.25) is 0 Å². The molecule has 0 aliphatic carbocycles. The molecule has 0 saturated carbocycles. The molecule has 3 N–H and O–H groups in total. The highest BCUT2D eigenvalue weighted by Crippen LogP contribution is 2.27. The zero-order valence-electron chi connectivity index (χ0n) is 10.6.